The molecule has 0 unspecified atom stereocenters. The van der Waals surface area contributed by atoms with E-state index in [1.807, 2.05) is 24.3 Å². The van der Waals surface area contributed by atoms with Crippen molar-refractivity contribution in [3.05, 3.63) is 42.9 Å². The monoisotopic (exact) mass is 312 g/mol. The van der Waals surface area contributed by atoms with Gasteiger partial charge in [0.2, 0.25) is 5.91 Å². The van der Waals surface area contributed by atoms with Gasteiger partial charge in [0.1, 0.15) is 11.6 Å². The van der Waals surface area contributed by atoms with E-state index in [2.05, 4.69) is 20.2 Å². The Balaban J connectivity index is 1.62. The summed E-state index contributed by atoms with van der Waals surface area (Å²) >= 11 is 0. The van der Waals surface area contributed by atoms with Gasteiger partial charge < -0.3 is 15.0 Å². The maximum atomic E-state index is 12.5. The third kappa shape index (κ3) is 3.77. The fourth-order valence-corrected chi connectivity index (χ4v) is 2.77. The third-order valence-corrected chi connectivity index (χ3v) is 4.02. The van der Waals surface area contributed by atoms with Gasteiger partial charge in [0, 0.05) is 31.2 Å². The molecule has 2 aromatic rings. The number of carbonyl (C=O) groups is 1. The van der Waals surface area contributed by atoms with Gasteiger partial charge in [-0.05, 0) is 37.1 Å². The molecule has 3 rings (SSSR count). The Labute approximate surface area is 135 Å². The van der Waals surface area contributed by atoms with Crippen LogP contribution in [0.3, 0.4) is 0 Å². The molecule has 0 bridgehead atoms. The van der Waals surface area contributed by atoms with E-state index < -0.39 is 0 Å². The van der Waals surface area contributed by atoms with Gasteiger partial charge in [0.25, 0.3) is 0 Å². The highest BCUT2D eigenvalue weighted by Gasteiger charge is 2.26. The number of rotatable bonds is 4. The van der Waals surface area contributed by atoms with E-state index in [-0.39, 0.29) is 11.8 Å². The lowest BCUT2D eigenvalue weighted by atomic mass is 9.97. The lowest BCUT2D eigenvalue weighted by Crippen LogP contribution is -2.41. The van der Waals surface area contributed by atoms with Gasteiger partial charge in [-0.15, -0.1) is 0 Å². The Morgan fingerprint density at radius 3 is 2.83 bits per heavy atom. The Hall–Kier alpha value is -2.63. The Morgan fingerprint density at radius 2 is 2.13 bits per heavy atom. The minimum Gasteiger partial charge on any atom is -0.497 e. The summed E-state index contributed by atoms with van der Waals surface area (Å²) in [6, 6.07) is 7.37. The lowest BCUT2D eigenvalue weighted by Gasteiger charge is -2.32. The van der Waals surface area contributed by atoms with Crippen molar-refractivity contribution in [3.8, 4) is 5.75 Å². The number of aromatic nitrogens is 2. The van der Waals surface area contributed by atoms with Gasteiger partial charge in [-0.25, -0.2) is 4.98 Å². The first-order chi connectivity index (χ1) is 11.3. The maximum absolute atomic E-state index is 12.5. The van der Waals surface area contributed by atoms with Gasteiger partial charge in [0.05, 0.1) is 19.2 Å². The standard InChI is InChI=1S/C17H20N4O2/c1-23-15-6-4-14(5-7-15)20-17(22)13-3-2-10-21(12-13)16-11-18-8-9-19-16/h4-9,11,13H,2-3,10,12H2,1H3,(H,20,22)/t13-/m1/s1. The molecule has 23 heavy (non-hydrogen) atoms. The summed E-state index contributed by atoms with van der Waals surface area (Å²) in [7, 11) is 1.62. The highest BCUT2D eigenvalue weighted by molar-refractivity contribution is 5.93. The number of benzene rings is 1. The second-order valence-corrected chi connectivity index (χ2v) is 5.57. The van der Waals surface area contributed by atoms with Crippen molar-refractivity contribution in [2.75, 3.05) is 30.4 Å². The van der Waals surface area contributed by atoms with E-state index in [0.717, 1.165) is 36.6 Å². The molecule has 1 amide bonds. The van der Waals surface area contributed by atoms with Crippen LogP contribution in [0.4, 0.5) is 11.5 Å². The summed E-state index contributed by atoms with van der Waals surface area (Å²) in [6.45, 7) is 1.58. The molecule has 1 aromatic carbocycles. The average molecular weight is 312 g/mol. The Kier molecular flexibility index (Phi) is 4.71. The van der Waals surface area contributed by atoms with Crippen LogP contribution in [0, 0.1) is 5.92 Å². The summed E-state index contributed by atoms with van der Waals surface area (Å²) in [4.78, 5) is 23.0. The zero-order valence-electron chi connectivity index (χ0n) is 13.1. The van der Waals surface area contributed by atoms with Crippen LogP contribution in [0.5, 0.6) is 5.75 Å². The number of ether oxygens (including phenoxy) is 1. The molecule has 1 aliphatic rings. The van der Waals surface area contributed by atoms with Crippen LogP contribution in [-0.4, -0.2) is 36.1 Å². The van der Waals surface area contributed by atoms with Crippen molar-refractivity contribution in [3.63, 3.8) is 0 Å². The van der Waals surface area contributed by atoms with Crippen molar-refractivity contribution in [2.24, 2.45) is 5.92 Å². The van der Waals surface area contributed by atoms with Crippen LogP contribution in [0.2, 0.25) is 0 Å². The number of methoxy groups -OCH3 is 1. The molecule has 0 aliphatic carbocycles. The topological polar surface area (TPSA) is 67.3 Å². The highest BCUT2D eigenvalue weighted by Crippen LogP contribution is 2.23. The molecule has 1 atom stereocenters. The van der Waals surface area contributed by atoms with Crippen LogP contribution in [0.1, 0.15) is 12.8 Å². The van der Waals surface area contributed by atoms with Crippen LogP contribution >= 0.6 is 0 Å². The van der Waals surface area contributed by atoms with Gasteiger partial charge in [-0.3, -0.25) is 9.78 Å². The smallest absolute Gasteiger partial charge is 0.229 e. The van der Waals surface area contributed by atoms with Gasteiger partial charge in [0.15, 0.2) is 0 Å². The van der Waals surface area contributed by atoms with Crippen molar-refractivity contribution in [2.45, 2.75) is 12.8 Å². The van der Waals surface area contributed by atoms with Crippen molar-refractivity contribution in [1.82, 2.24) is 9.97 Å². The Bertz CT molecular complexity index is 645. The molecule has 0 saturated carbocycles. The number of anilines is 2. The molecule has 0 radical (unpaired) electrons. The maximum Gasteiger partial charge on any atom is 0.229 e. The van der Waals surface area contributed by atoms with Crippen molar-refractivity contribution in [1.29, 1.82) is 0 Å². The van der Waals surface area contributed by atoms with Crippen molar-refractivity contribution < 1.29 is 9.53 Å². The fourth-order valence-electron chi connectivity index (χ4n) is 2.77. The summed E-state index contributed by atoms with van der Waals surface area (Å²) in [5.74, 6) is 1.60. The molecule has 1 N–H and O–H groups in total. The SMILES string of the molecule is COc1ccc(NC(=O)[C@@H]2CCCN(c3cnccn3)C2)cc1. The second-order valence-electron chi connectivity index (χ2n) is 5.57. The van der Waals surface area contributed by atoms with Crippen LogP contribution < -0.4 is 15.0 Å². The van der Waals surface area contributed by atoms with E-state index in [1.54, 1.807) is 25.7 Å². The normalized spacial score (nSPS) is 17.6. The molecule has 6 heteroatoms. The number of piperidine rings is 1. The Morgan fingerprint density at radius 1 is 1.30 bits per heavy atom. The molecule has 1 fully saturated rings. The van der Waals surface area contributed by atoms with Crippen molar-refractivity contribution >= 4 is 17.4 Å². The van der Waals surface area contributed by atoms with E-state index in [1.165, 1.54) is 0 Å². The van der Waals surface area contributed by atoms with Gasteiger partial charge >= 0.3 is 0 Å². The summed E-state index contributed by atoms with van der Waals surface area (Å²) in [5, 5.41) is 2.98. The molecule has 2 heterocycles. The number of nitrogens with one attached hydrogen (secondary N) is 1. The van der Waals surface area contributed by atoms with E-state index in [4.69, 9.17) is 4.74 Å². The van der Waals surface area contributed by atoms with E-state index >= 15 is 0 Å². The number of amides is 1. The third-order valence-electron chi connectivity index (χ3n) is 4.02. The van der Waals surface area contributed by atoms with E-state index in [0.29, 0.717) is 6.54 Å². The molecule has 6 nitrogen and oxygen atoms in total. The first-order valence-corrected chi connectivity index (χ1v) is 7.72. The first-order valence-electron chi connectivity index (χ1n) is 7.72. The molecular weight excluding hydrogens is 292 g/mol. The number of hydrogen-bond donors (Lipinski definition) is 1. The number of hydrogen-bond acceptors (Lipinski definition) is 5. The summed E-state index contributed by atoms with van der Waals surface area (Å²) in [5.41, 5.74) is 0.785. The largest absolute Gasteiger partial charge is 0.497 e. The zero-order chi connectivity index (χ0) is 16.1. The average Bonchev–Trinajstić information content (AvgIpc) is 2.63. The quantitative estimate of drug-likeness (QED) is 0.938. The molecular formula is C17H20N4O2. The number of nitrogens with zero attached hydrogens (tertiary/aromatic N) is 3. The van der Waals surface area contributed by atoms with Gasteiger partial charge in [-0.2, -0.15) is 0 Å². The highest BCUT2D eigenvalue weighted by atomic mass is 16.5. The molecule has 120 valence electrons. The summed E-state index contributed by atoms with van der Waals surface area (Å²) < 4.78 is 5.12. The minimum absolute atomic E-state index is 0.0451. The fraction of sp³-hybridized carbons (Fsp3) is 0.353. The molecule has 1 saturated heterocycles. The van der Waals surface area contributed by atoms with Gasteiger partial charge in [-0.1, -0.05) is 0 Å². The lowest BCUT2D eigenvalue weighted by molar-refractivity contribution is -0.120. The van der Waals surface area contributed by atoms with E-state index in [9.17, 15) is 4.79 Å². The molecule has 0 spiro atoms. The molecule has 1 aromatic heterocycles. The molecule has 1 aliphatic heterocycles. The predicted octanol–water partition coefficient (Wildman–Crippen LogP) is 2.34. The predicted molar refractivity (Wildman–Crippen MR) is 88.6 cm³/mol. The first kappa shape index (κ1) is 15.3. The van der Waals surface area contributed by atoms with Crippen LogP contribution in [0.15, 0.2) is 42.9 Å². The number of carbonyl (C=O) groups excluding carboxylic acids is 1. The summed E-state index contributed by atoms with van der Waals surface area (Å²) in [6.07, 6.45) is 6.93. The van der Waals surface area contributed by atoms with Crippen LogP contribution in [-0.2, 0) is 4.79 Å². The minimum atomic E-state index is -0.0483. The zero-order valence-corrected chi connectivity index (χ0v) is 13.1. The second kappa shape index (κ2) is 7.09. The van der Waals surface area contributed by atoms with Crippen LogP contribution in [0.25, 0.3) is 0 Å².